The summed E-state index contributed by atoms with van der Waals surface area (Å²) in [6.07, 6.45) is 3.38. The van der Waals surface area contributed by atoms with E-state index in [9.17, 15) is 17.6 Å². The van der Waals surface area contributed by atoms with Gasteiger partial charge in [-0.05, 0) is 61.9 Å². The standard InChI is InChI=1S/C22H22FN3O3S/c1-3-26(16(2)18-7-6-14-24-15-18)22(27)17-10-12-19(13-11-17)30(28,29)25-21-9-5-4-8-20(21)23/h4-16,25H,3H2,1-2H3. The number of hydrogen-bond acceptors (Lipinski definition) is 4. The van der Waals surface area contributed by atoms with E-state index in [0.29, 0.717) is 12.1 Å². The highest BCUT2D eigenvalue weighted by Gasteiger charge is 2.22. The summed E-state index contributed by atoms with van der Waals surface area (Å²) in [6.45, 7) is 4.27. The van der Waals surface area contributed by atoms with Crippen LogP contribution in [0.25, 0.3) is 0 Å². The van der Waals surface area contributed by atoms with Crippen molar-refractivity contribution in [2.45, 2.75) is 24.8 Å². The molecule has 1 unspecified atom stereocenters. The van der Waals surface area contributed by atoms with E-state index in [1.807, 2.05) is 26.0 Å². The molecule has 0 aliphatic heterocycles. The number of carbonyl (C=O) groups is 1. The highest BCUT2D eigenvalue weighted by atomic mass is 32.2. The maximum absolute atomic E-state index is 13.8. The van der Waals surface area contributed by atoms with E-state index >= 15 is 0 Å². The van der Waals surface area contributed by atoms with Gasteiger partial charge >= 0.3 is 0 Å². The van der Waals surface area contributed by atoms with E-state index in [4.69, 9.17) is 0 Å². The quantitative estimate of drug-likeness (QED) is 0.612. The Labute approximate surface area is 175 Å². The predicted octanol–water partition coefficient (Wildman–Crippen LogP) is 4.24. The van der Waals surface area contributed by atoms with Crippen LogP contribution in [0.4, 0.5) is 10.1 Å². The molecule has 0 saturated heterocycles. The van der Waals surface area contributed by atoms with E-state index in [1.165, 1.54) is 48.5 Å². The van der Waals surface area contributed by atoms with E-state index in [2.05, 4.69) is 9.71 Å². The van der Waals surface area contributed by atoms with Gasteiger partial charge in [-0.25, -0.2) is 12.8 Å². The van der Waals surface area contributed by atoms with Gasteiger partial charge in [0.15, 0.2) is 0 Å². The molecule has 0 saturated carbocycles. The third kappa shape index (κ3) is 4.65. The second kappa shape index (κ2) is 9.04. The number of aromatic nitrogens is 1. The van der Waals surface area contributed by atoms with Crippen LogP contribution in [0.15, 0.2) is 78.0 Å². The number of para-hydroxylation sites is 1. The molecule has 1 amide bonds. The van der Waals surface area contributed by atoms with Crippen LogP contribution in [0.2, 0.25) is 0 Å². The van der Waals surface area contributed by atoms with Gasteiger partial charge in [0.05, 0.1) is 16.6 Å². The molecule has 3 aromatic rings. The minimum absolute atomic E-state index is 0.0642. The van der Waals surface area contributed by atoms with Crippen LogP contribution in [-0.4, -0.2) is 30.8 Å². The number of sulfonamides is 1. The minimum Gasteiger partial charge on any atom is -0.332 e. The van der Waals surface area contributed by atoms with E-state index in [-0.39, 0.29) is 22.5 Å². The second-order valence-corrected chi connectivity index (χ2v) is 8.35. The van der Waals surface area contributed by atoms with Crippen LogP contribution in [-0.2, 0) is 10.0 Å². The number of anilines is 1. The molecule has 30 heavy (non-hydrogen) atoms. The summed E-state index contributed by atoms with van der Waals surface area (Å²) >= 11 is 0. The van der Waals surface area contributed by atoms with Crippen LogP contribution in [0, 0.1) is 5.82 Å². The van der Waals surface area contributed by atoms with Gasteiger partial charge in [0.1, 0.15) is 5.82 Å². The average molecular weight is 428 g/mol. The van der Waals surface area contributed by atoms with Crippen LogP contribution >= 0.6 is 0 Å². The van der Waals surface area contributed by atoms with Gasteiger partial charge < -0.3 is 4.90 Å². The highest BCUT2D eigenvalue weighted by molar-refractivity contribution is 7.92. The van der Waals surface area contributed by atoms with Gasteiger partial charge in [0.25, 0.3) is 15.9 Å². The third-order valence-corrected chi connectivity index (χ3v) is 6.15. The number of nitrogens with zero attached hydrogens (tertiary/aromatic N) is 2. The first-order chi connectivity index (χ1) is 14.3. The summed E-state index contributed by atoms with van der Waals surface area (Å²) in [5, 5.41) is 0. The first kappa shape index (κ1) is 21.4. The van der Waals surface area contributed by atoms with Crippen molar-refractivity contribution in [2.75, 3.05) is 11.3 Å². The van der Waals surface area contributed by atoms with Crippen LogP contribution in [0.1, 0.15) is 35.8 Å². The molecule has 0 spiro atoms. The molecule has 0 bridgehead atoms. The Hall–Kier alpha value is -3.26. The van der Waals surface area contributed by atoms with Crippen molar-refractivity contribution >= 4 is 21.6 Å². The number of hydrogen-bond donors (Lipinski definition) is 1. The SMILES string of the molecule is CCN(C(=O)c1ccc(S(=O)(=O)Nc2ccccc2F)cc1)C(C)c1cccnc1. The summed E-state index contributed by atoms with van der Waals surface area (Å²) < 4.78 is 41.1. The summed E-state index contributed by atoms with van der Waals surface area (Å²) in [5.74, 6) is -0.893. The van der Waals surface area contributed by atoms with Crippen LogP contribution in [0.3, 0.4) is 0 Å². The van der Waals surface area contributed by atoms with Gasteiger partial charge in [0.2, 0.25) is 0 Å². The van der Waals surface area contributed by atoms with Crippen molar-refractivity contribution < 1.29 is 17.6 Å². The smallest absolute Gasteiger partial charge is 0.261 e. The Morgan fingerprint density at radius 3 is 2.40 bits per heavy atom. The molecular formula is C22H22FN3O3S. The Morgan fingerprint density at radius 1 is 1.10 bits per heavy atom. The lowest BCUT2D eigenvalue weighted by Crippen LogP contribution is -2.33. The molecule has 1 N–H and O–H groups in total. The number of amides is 1. The topological polar surface area (TPSA) is 79.4 Å². The number of pyridine rings is 1. The zero-order valence-corrected chi connectivity index (χ0v) is 17.4. The van der Waals surface area contributed by atoms with Crippen molar-refractivity contribution in [1.29, 1.82) is 0 Å². The molecule has 0 fully saturated rings. The van der Waals surface area contributed by atoms with Crippen molar-refractivity contribution in [3.8, 4) is 0 Å². The van der Waals surface area contributed by atoms with E-state index in [1.54, 1.807) is 17.3 Å². The Kier molecular flexibility index (Phi) is 6.47. The molecule has 3 rings (SSSR count). The fraction of sp³-hybridized carbons (Fsp3) is 0.182. The van der Waals surface area contributed by atoms with Gasteiger partial charge in [-0.2, -0.15) is 0 Å². The lowest BCUT2D eigenvalue weighted by Gasteiger charge is -2.28. The first-order valence-electron chi connectivity index (χ1n) is 9.41. The predicted molar refractivity (Wildman–Crippen MR) is 113 cm³/mol. The van der Waals surface area contributed by atoms with Crippen molar-refractivity contribution in [2.24, 2.45) is 0 Å². The molecule has 1 atom stereocenters. The molecule has 0 radical (unpaired) electrons. The van der Waals surface area contributed by atoms with Crippen LogP contribution < -0.4 is 4.72 Å². The monoisotopic (exact) mass is 427 g/mol. The summed E-state index contributed by atoms with van der Waals surface area (Å²) in [6, 6.07) is 14.6. The first-order valence-corrected chi connectivity index (χ1v) is 10.9. The van der Waals surface area contributed by atoms with E-state index in [0.717, 1.165) is 5.56 Å². The maximum Gasteiger partial charge on any atom is 0.261 e. The molecule has 6 nitrogen and oxygen atoms in total. The second-order valence-electron chi connectivity index (χ2n) is 6.66. The maximum atomic E-state index is 13.8. The number of halogens is 1. The van der Waals surface area contributed by atoms with Gasteiger partial charge in [-0.15, -0.1) is 0 Å². The van der Waals surface area contributed by atoms with Crippen LogP contribution in [0.5, 0.6) is 0 Å². The summed E-state index contributed by atoms with van der Waals surface area (Å²) in [4.78, 5) is 18.7. The fourth-order valence-corrected chi connectivity index (χ4v) is 4.15. The van der Waals surface area contributed by atoms with Crippen molar-refractivity contribution in [3.05, 3.63) is 90.0 Å². The normalized spacial score (nSPS) is 12.2. The van der Waals surface area contributed by atoms with Crippen molar-refractivity contribution in [3.63, 3.8) is 0 Å². The largest absolute Gasteiger partial charge is 0.332 e. The molecule has 1 heterocycles. The molecule has 156 valence electrons. The molecular weight excluding hydrogens is 405 g/mol. The Balaban J connectivity index is 1.80. The lowest BCUT2D eigenvalue weighted by molar-refractivity contribution is 0.0702. The zero-order valence-electron chi connectivity index (χ0n) is 16.6. The van der Waals surface area contributed by atoms with Gasteiger partial charge in [0, 0.05) is 24.5 Å². The van der Waals surface area contributed by atoms with E-state index < -0.39 is 15.8 Å². The Morgan fingerprint density at radius 2 is 1.80 bits per heavy atom. The van der Waals surface area contributed by atoms with Gasteiger partial charge in [-0.1, -0.05) is 18.2 Å². The van der Waals surface area contributed by atoms with Crippen molar-refractivity contribution in [1.82, 2.24) is 9.88 Å². The summed E-state index contributed by atoms with van der Waals surface area (Å²) in [7, 11) is -3.99. The fourth-order valence-electron chi connectivity index (χ4n) is 3.09. The van der Waals surface area contributed by atoms with Gasteiger partial charge in [-0.3, -0.25) is 14.5 Å². The molecule has 2 aromatic carbocycles. The minimum atomic E-state index is -3.99. The third-order valence-electron chi connectivity index (χ3n) is 4.77. The average Bonchev–Trinajstić information content (AvgIpc) is 2.76. The summed E-state index contributed by atoms with van der Waals surface area (Å²) in [5.41, 5.74) is 1.12. The number of benzene rings is 2. The number of rotatable bonds is 7. The lowest BCUT2D eigenvalue weighted by atomic mass is 10.1. The molecule has 1 aromatic heterocycles. The Bertz CT molecular complexity index is 1120. The number of carbonyl (C=O) groups excluding carboxylic acids is 1. The zero-order chi connectivity index (χ0) is 21.7. The molecule has 8 heteroatoms. The highest BCUT2D eigenvalue weighted by Crippen LogP contribution is 2.23. The number of nitrogens with one attached hydrogen (secondary N) is 1. The molecule has 0 aliphatic carbocycles. The molecule has 0 aliphatic rings.